The zero-order valence-corrected chi connectivity index (χ0v) is 16.7. The first-order valence-electron chi connectivity index (χ1n) is 9.78. The standard InChI is InChI=1S/C23H20N4OS/c28-22(17-11-5-2-6-12-17)26-24-15-19-21(16-9-3-1-4-10-16)25-23-27(19)18-13-7-8-14-20(18)29-23/h1-6,9-12,15H,7-8,13-14H2,(H,26,28). The summed E-state index contributed by atoms with van der Waals surface area (Å²) in [4.78, 5) is 19.7. The van der Waals surface area contributed by atoms with E-state index in [2.05, 4.69) is 27.1 Å². The first kappa shape index (κ1) is 17.8. The first-order chi connectivity index (χ1) is 14.3. The van der Waals surface area contributed by atoms with Crippen molar-refractivity contribution in [2.75, 3.05) is 0 Å². The molecule has 1 N–H and O–H groups in total. The molecule has 144 valence electrons. The van der Waals surface area contributed by atoms with E-state index in [4.69, 9.17) is 4.98 Å². The molecule has 29 heavy (non-hydrogen) atoms. The van der Waals surface area contributed by atoms with Crippen LogP contribution in [0.3, 0.4) is 0 Å². The fraction of sp³-hybridized carbons (Fsp3) is 0.174. The van der Waals surface area contributed by atoms with Gasteiger partial charge in [-0.2, -0.15) is 5.10 Å². The molecule has 2 aromatic heterocycles. The van der Waals surface area contributed by atoms with Gasteiger partial charge in [0.1, 0.15) is 0 Å². The molecule has 2 heterocycles. The van der Waals surface area contributed by atoms with Gasteiger partial charge in [0, 0.05) is 21.7 Å². The highest BCUT2D eigenvalue weighted by Gasteiger charge is 2.22. The molecule has 6 heteroatoms. The van der Waals surface area contributed by atoms with Crippen LogP contribution in [0.1, 0.15) is 39.5 Å². The van der Waals surface area contributed by atoms with Gasteiger partial charge >= 0.3 is 0 Å². The molecule has 0 bridgehead atoms. The molecular weight excluding hydrogens is 380 g/mol. The van der Waals surface area contributed by atoms with Crippen LogP contribution in [0.5, 0.6) is 0 Å². The van der Waals surface area contributed by atoms with E-state index in [1.54, 1.807) is 29.7 Å². The van der Waals surface area contributed by atoms with Gasteiger partial charge in [-0.15, -0.1) is 11.3 Å². The monoisotopic (exact) mass is 400 g/mol. The lowest BCUT2D eigenvalue weighted by Crippen LogP contribution is -2.17. The highest BCUT2D eigenvalue weighted by molar-refractivity contribution is 7.17. The number of hydrazone groups is 1. The SMILES string of the molecule is O=C(NN=Cc1c(-c2ccccc2)nc2sc3c(n12)CCCC3)c1ccccc1. The van der Waals surface area contributed by atoms with E-state index in [-0.39, 0.29) is 5.91 Å². The fourth-order valence-corrected chi connectivity index (χ4v) is 5.01. The van der Waals surface area contributed by atoms with E-state index in [1.807, 2.05) is 36.4 Å². The number of aromatic nitrogens is 2. The van der Waals surface area contributed by atoms with Crippen molar-refractivity contribution in [3.05, 3.63) is 82.5 Å². The molecule has 0 saturated heterocycles. The predicted octanol–water partition coefficient (Wildman–Crippen LogP) is 4.71. The van der Waals surface area contributed by atoms with E-state index < -0.39 is 0 Å². The third-order valence-corrected chi connectivity index (χ3v) is 6.33. The highest BCUT2D eigenvalue weighted by atomic mass is 32.1. The summed E-state index contributed by atoms with van der Waals surface area (Å²) in [5, 5.41) is 4.27. The smallest absolute Gasteiger partial charge is 0.271 e. The fourth-order valence-electron chi connectivity index (χ4n) is 3.79. The largest absolute Gasteiger partial charge is 0.285 e. The maximum Gasteiger partial charge on any atom is 0.271 e. The second-order valence-corrected chi connectivity index (χ2v) is 8.14. The van der Waals surface area contributed by atoms with Gasteiger partial charge in [0.25, 0.3) is 5.91 Å². The van der Waals surface area contributed by atoms with Gasteiger partial charge in [-0.05, 0) is 37.8 Å². The lowest BCUT2D eigenvalue weighted by atomic mass is 10.0. The van der Waals surface area contributed by atoms with Crippen LogP contribution in [0.25, 0.3) is 16.2 Å². The molecule has 5 rings (SSSR count). The van der Waals surface area contributed by atoms with Gasteiger partial charge in [-0.25, -0.2) is 10.4 Å². The maximum atomic E-state index is 12.3. The normalized spacial score (nSPS) is 13.7. The molecule has 0 atom stereocenters. The van der Waals surface area contributed by atoms with Crippen LogP contribution in [-0.2, 0) is 12.8 Å². The molecule has 0 aliphatic heterocycles. The summed E-state index contributed by atoms with van der Waals surface area (Å²) in [5.74, 6) is -0.226. The summed E-state index contributed by atoms with van der Waals surface area (Å²) in [7, 11) is 0. The minimum Gasteiger partial charge on any atom is -0.285 e. The second kappa shape index (κ2) is 7.64. The number of aryl methyl sites for hydroxylation is 2. The van der Waals surface area contributed by atoms with Crippen molar-refractivity contribution in [2.45, 2.75) is 25.7 Å². The van der Waals surface area contributed by atoms with Crippen LogP contribution in [-0.4, -0.2) is 21.5 Å². The van der Waals surface area contributed by atoms with Crippen molar-refractivity contribution < 1.29 is 4.79 Å². The molecule has 1 aliphatic rings. The number of nitrogens with zero attached hydrogens (tertiary/aromatic N) is 3. The average molecular weight is 401 g/mol. The Kier molecular flexibility index (Phi) is 4.69. The lowest BCUT2D eigenvalue weighted by molar-refractivity contribution is 0.0955. The van der Waals surface area contributed by atoms with E-state index in [0.717, 1.165) is 34.8 Å². The van der Waals surface area contributed by atoms with Crippen LogP contribution >= 0.6 is 11.3 Å². The third-order valence-electron chi connectivity index (χ3n) is 5.19. The molecule has 0 fully saturated rings. The van der Waals surface area contributed by atoms with E-state index >= 15 is 0 Å². The number of carbonyl (C=O) groups excluding carboxylic acids is 1. The number of hydrogen-bond donors (Lipinski definition) is 1. The van der Waals surface area contributed by atoms with Gasteiger partial charge in [0.15, 0.2) is 4.96 Å². The number of carbonyl (C=O) groups is 1. The molecular formula is C23H20N4OS. The number of imidazole rings is 1. The van der Waals surface area contributed by atoms with Gasteiger partial charge in [-0.3, -0.25) is 9.20 Å². The number of nitrogens with one attached hydrogen (secondary N) is 1. The Labute approximate surface area is 172 Å². The van der Waals surface area contributed by atoms with Crippen LogP contribution in [0.2, 0.25) is 0 Å². The molecule has 0 saturated carbocycles. The van der Waals surface area contributed by atoms with Gasteiger partial charge < -0.3 is 0 Å². The van der Waals surface area contributed by atoms with Crippen LogP contribution in [0, 0.1) is 0 Å². The number of rotatable bonds is 4. The van der Waals surface area contributed by atoms with Crippen molar-refractivity contribution in [1.29, 1.82) is 0 Å². The number of benzene rings is 2. The summed E-state index contributed by atoms with van der Waals surface area (Å²) >= 11 is 1.77. The molecule has 4 aromatic rings. The van der Waals surface area contributed by atoms with Crippen molar-refractivity contribution in [1.82, 2.24) is 14.8 Å². The van der Waals surface area contributed by atoms with Crippen molar-refractivity contribution in [3.8, 4) is 11.3 Å². The van der Waals surface area contributed by atoms with Gasteiger partial charge in [0.05, 0.1) is 17.6 Å². The highest BCUT2D eigenvalue weighted by Crippen LogP contribution is 2.34. The van der Waals surface area contributed by atoms with Crippen molar-refractivity contribution in [2.24, 2.45) is 5.10 Å². The summed E-state index contributed by atoms with van der Waals surface area (Å²) in [6.07, 6.45) is 6.32. The molecule has 5 nitrogen and oxygen atoms in total. The number of fused-ring (bicyclic) bond motifs is 3. The van der Waals surface area contributed by atoms with Crippen molar-refractivity contribution in [3.63, 3.8) is 0 Å². The predicted molar refractivity (Wildman–Crippen MR) is 117 cm³/mol. The minimum atomic E-state index is -0.226. The summed E-state index contributed by atoms with van der Waals surface area (Å²) in [5.41, 5.74) is 7.42. The Morgan fingerprint density at radius 3 is 2.55 bits per heavy atom. The zero-order valence-electron chi connectivity index (χ0n) is 15.8. The Hall–Kier alpha value is -3.25. The molecule has 1 amide bonds. The van der Waals surface area contributed by atoms with Gasteiger partial charge in [-0.1, -0.05) is 48.5 Å². The molecule has 1 aliphatic carbocycles. The number of thiazole rings is 1. The van der Waals surface area contributed by atoms with E-state index in [0.29, 0.717) is 5.56 Å². The maximum absolute atomic E-state index is 12.3. The first-order valence-corrected chi connectivity index (χ1v) is 10.6. The summed E-state index contributed by atoms with van der Waals surface area (Å²) in [6.45, 7) is 0. The Balaban J connectivity index is 1.55. The van der Waals surface area contributed by atoms with Crippen LogP contribution < -0.4 is 5.43 Å². The summed E-state index contributed by atoms with van der Waals surface area (Å²) in [6, 6.07) is 19.2. The number of hydrogen-bond acceptors (Lipinski definition) is 4. The summed E-state index contributed by atoms with van der Waals surface area (Å²) < 4.78 is 2.22. The van der Waals surface area contributed by atoms with Crippen LogP contribution in [0.15, 0.2) is 65.8 Å². The minimum absolute atomic E-state index is 0.226. The average Bonchev–Trinajstić information content (AvgIpc) is 3.31. The topological polar surface area (TPSA) is 58.8 Å². The third kappa shape index (κ3) is 3.36. The molecule has 2 aromatic carbocycles. The van der Waals surface area contributed by atoms with E-state index in [9.17, 15) is 4.79 Å². The Morgan fingerprint density at radius 1 is 1.03 bits per heavy atom. The van der Waals surface area contributed by atoms with Crippen molar-refractivity contribution >= 4 is 28.4 Å². The van der Waals surface area contributed by atoms with Crippen LogP contribution in [0.4, 0.5) is 0 Å². The molecule has 0 spiro atoms. The zero-order chi connectivity index (χ0) is 19.6. The molecule has 0 unspecified atom stereocenters. The lowest BCUT2D eigenvalue weighted by Gasteiger charge is -2.11. The second-order valence-electron chi connectivity index (χ2n) is 7.07. The Morgan fingerprint density at radius 2 is 1.76 bits per heavy atom. The molecule has 0 radical (unpaired) electrons. The quantitative estimate of drug-likeness (QED) is 0.399. The van der Waals surface area contributed by atoms with E-state index in [1.165, 1.54) is 23.4 Å². The van der Waals surface area contributed by atoms with Gasteiger partial charge in [0.2, 0.25) is 0 Å². The Bertz CT molecular complexity index is 1190. The number of amides is 1.